The zero-order valence-corrected chi connectivity index (χ0v) is 8.88. The first kappa shape index (κ1) is 10.9. The molecule has 0 unspecified atom stereocenters. The second kappa shape index (κ2) is 3.43. The summed E-state index contributed by atoms with van der Waals surface area (Å²) in [6, 6.07) is 4.86. The summed E-state index contributed by atoms with van der Waals surface area (Å²) in [4.78, 5) is 10.9. The highest BCUT2D eigenvalue weighted by Gasteiger charge is 2.46. The van der Waals surface area contributed by atoms with Crippen LogP contribution in [0.1, 0.15) is 25.3 Å². The zero-order chi connectivity index (χ0) is 11.9. The van der Waals surface area contributed by atoms with Crippen molar-refractivity contribution in [2.24, 2.45) is 0 Å². The van der Waals surface area contributed by atoms with Gasteiger partial charge >= 0.3 is 12.0 Å². The highest BCUT2D eigenvalue weighted by molar-refractivity contribution is 5.98. The molecule has 0 aromatic heterocycles. The molecule has 0 spiro atoms. The van der Waals surface area contributed by atoms with Crippen LogP contribution in [0.25, 0.3) is 0 Å². The van der Waals surface area contributed by atoms with Gasteiger partial charge in [0.15, 0.2) is 5.75 Å². The Morgan fingerprint density at radius 3 is 2.69 bits per heavy atom. The third kappa shape index (κ3) is 1.73. The number of alkyl halides is 2. The molecular formula is C11H11F2NO2. The third-order valence-corrected chi connectivity index (χ3v) is 2.42. The Kier molecular flexibility index (Phi) is 2.33. The Bertz CT molecular complexity index is 444. The maximum Gasteiger partial charge on any atom is 0.482 e. The molecule has 0 aliphatic carbocycles. The van der Waals surface area contributed by atoms with Crippen molar-refractivity contribution in [3.63, 3.8) is 0 Å². The van der Waals surface area contributed by atoms with Crippen LogP contribution < -0.4 is 10.1 Å². The molecule has 0 atom stereocenters. The molecule has 2 rings (SSSR count). The third-order valence-electron chi connectivity index (χ3n) is 2.42. The first-order chi connectivity index (χ1) is 7.40. The molecule has 1 aliphatic rings. The Balaban J connectivity index is 2.42. The number of nitrogens with one attached hydrogen (secondary N) is 1. The fourth-order valence-corrected chi connectivity index (χ4v) is 1.47. The molecule has 16 heavy (non-hydrogen) atoms. The van der Waals surface area contributed by atoms with E-state index in [1.807, 2.05) is 13.8 Å². The van der Waals surface area contributed by atoms with Crippen LogP contribution in [0.4, 0.5) is 14.5 Å². The van der Waals surface area contributed by atoms with Crippen LogP contribution in [0.5, 0.6) is 5.75 Å². The molecule has 1 N–H and O–H groups in total. The number of carbonyl (C=O) groups is 1. The van der Waals surface area contributed by atoms with Crippen molar-refractivity contribution < 1.29 is 18.3 Å². The largest absolute Gasteiger partial charge is 0.482 e. The second-order valence-corrected chi connectivity index (χ2v) is 3.98. The molecule has 5 heteroatoms. The van der Waals surface area contributed by atoms with Crippen LogP contribution in [0.15, 0.2) is 18.2 Å². The van der Waals surface area contributed by atoms with E-state index in [-0.39, 0.29) is 17.4 Å². The molecule has 1 amide bonds. The van der Waals surface area contributed by atoms with Gasteiger partial charge in [0.05, 0.1) is 5.69 Å². The molecule has 0 bridgehead atoms. The Morgan fingerprint density at radius 1 is 1.38 bits per heavy atom. The number of hydrogen-bond acceptors (Lipinski definition) is 2. The standard InChI is InChI=1S/C11H11F2NO2/c1-6(2)7-3-4-8-9(5-7)16-11(12,13)10(15)14-8/h3-6H,1-2H3,(H,14,15). The van der Waals surface area contributed by atoms with E-state index in [2.05, 4.69) is 10.1 Å². The number of amides is 1. The molecule has 0 saturated carbocycles. The Hall–Kier alpha value is -1.65. The number of anilines is 1. The molecular weight excluding hydrogens is 216 g/mol. The minimum atomic E-state index is -3.79. The van der Waals surface area contributed by atoms with E-state index in [1.54, 1.807) is 12.1 Å². The molecule has 1 aromatic carbocycles. The first-order valence-electron chi connectivity index (χ1n) is 4.92. The van der Waals surface area contributed by atoms with Crippen molar-refractivity contribution >= 4 is 11.6 Å². The topological polar surface area (TPSA) is 38.3 Å². The molecule has 1 aliphatic heterocycles. The summed E-state index contributed by atoms with van der Waals surface area (Å²) in [5.74, 6) is -1.21. The van der Waals surface area contributed by atoms with E-state index < -0.39 is 12.0 Å². The predicted molar refractivity (Wildman–Crippen MR) is 54.7 cm³/mol. The summed E-state index contributed by atoms with van der Waals surface area (Å²) in [5.41, 5.74) is 1.16. The highest BCUT2D eigenvalue weighted by Crippen LogP contribution is 2.36. The van der Waals surface area contributed by atoms with E-state index in [0.29, 0.717) is 0 Å². The number of hydrogen-bond donors (Lipinski definition) is 1. The number of benzene rings is 1. The van der Waals surface area contributed by atoms with Gasteiger partial charge in [0.25, 0.3) is 0 Å². The summed E-state index contributed by atoms with van der Waals surface area (Å²) in [6.45, 7) is 3.89. The number of halogens is 2. The maximum absolute atomic E-state index is 13.0. The number of fused-ring (bicyclic) bond motifs is 1. The van der Waals surface area contributed by atoms with Crippen LogP contribution in [0, 0.1) is 0 Å². The fraction of sp³-hybridized carbons (Fsp3) is 0.364. The predicted octanol–water partition coefficient (Wildman–Crippen LogP) is 2.73. The minimum Gasteiger partial charge on any atom is -0.423 e. The summed E-state index contributed by atoms with van der Waals surface area (Å²) in [7, 11) is 0. The SMILES string of the molecule is CC(C)c1ccc2c(c1)OC(F)(F)C(=O)N2. The van der Waals surface area contributed by atoms with Crippen molar-refractivity contribution in [3.8, 4) is 5.75 Å². The van der Waals surface area contributed by atoms with Crippen LogP contribution in [0.3, 0.4) is 0 Å². The van der Waals surface area contributed by atoms with E-state index in [0.717, 1.165) is 5.56 Å². The van der Waals surface area contributed by atoms with Crippen molar-refractivity contribution in [2.45, 2.75) is 25.9 Å². The number of ether oxygens (including phenoxy) is 1. The van der Waals surface area contributed by atoms with Gasteiger partial charge in [-0.2, -0.15) is 8.78 Å². The quantitative estimate of drug-likeness (QED) is 0.801. The monoisotopic (exact) mass is 227 g/mol. The van der Waals surface area contributed by atoms with Gasteiger partial charge in [0.2, 0.25) is 0 Å². The minimum absolute atomic E-state index is 0.0100. The highest BCUT2D eigenvalue weighted by atomic mass is 19.3. The number of rotatable bonds is 1. The summed E-state index contributed by atoms with van der Waals surface area (Å²) in [5, 5.41) is 2.10. The lowest BCUT2D eigenvalue weighted by Crippen LogP contribution is -2.43. The lowest BCUT2D eigenvalue weighted by molar-refractivity contribution is -0.189. The van der Waals surface area contributed by atoms with Crippen molar-refractivity contribution in [1.82, 2.24) is 0 Å². The van der Waals surface area contributed by atoms with Gasteiger partial charge in [-0.15, -0.1) is 0 Å². The Morgan fingerprint density at radius 2 is 2.06 bits per heavy atom. The van der Waals surface area contributed by atoms with Crippen LogP contribution in [-0.4, -0.2) is 12.0 Å². The summed E-state index contributed by atoms with van der Waals surface area (Å²) < 4.78 is 30.3. The van der Waals surface area contributed by atoms with Gasteiger partial charge in [-0.05, 0) is 23.6 Å². The van der Waals surface area contributed by atoms with Gasteiger partial charge in [0.1, 0.15) is 0 Å². The molecule has 3 nitrogen and oxygen atoms in total. The normalized spacial score (nSPS) is 17.7. The van der Waals surface area contributed by atoms with Crippen LogP contribution in [-0.2, 0) is 4.79 Å². The molecule has 0 fully saturated rings. The average Bonchev–Trinajstić information content (AvgIpc) is 2.18. The lowest BCUT2D eigenvalue weighted by atomic mass is 10.0. The smallest absolute Gasteiger partial charge is 0.423 e. The van der Waals surface area contributed by atoms with Crippen molar-refractivity contribution in [1.29, 1.82) is 0 Å². The average molecular weight is 227 g/mol. The van der Waals surface area contributed by atoms with Gasteiger partial charge in [0, 0.05) is 0 Å². The van der Waals surface area contributed by atoms with E-state index in [1.165, 1.54) is 6.07 Å². The van der Waals surface area contributed by atoms with Gasteiger partial charge < -0.3 is 10.1 Å². The molecule has 86 valence electrons. The zero-order valence-electron chi connectivity index (χ0n) is 8.88. The summed E-state index contributed by atoms with van der Waals surface area (Å²) in [6.07, 6.45) is -3.79. The van der Waals surface area contributed by atoms with Gasteiger partial charge in [-0.25, -0.2) is 0 Å². The Labute approximate surface area is 91.4 Å². The van der Waals surface area contributed by atoms with Crippen LogP contribution >= 0.6 is 0 Å². The van der Waals surface area contributed by atoms with Gasteiger partial charge in [-0.1, -0.05) is 19.9 Å². The van der Waals surface area contributed by atoms with E-state index in [9.17, 15) is 13.6 Å². The van der Waals surface area contributed by atoms with E-state index in [4.69, 9.17) is 0 Å². The summed E-state index contributed by atoms with van der Waals surface area (Å²) >= 11 is 0. The van der Waals surface area contributed by atoms with Crippen LogP contribution in [0.2, 0.25) is 0 Å². The number of carbonyl (C=O) groups excluding carboxylic acids is 1. The van der Waals surface area contributed by atoms with Gasteiger partial charge in [-0.3, -0.25) is 4.79 Å². The second-order valence-electron chi connectivity index (χ2n) is 3.98. The lowest BCUT2D eigenvalue weighted by Gasteiger charge is -2.25. The first-order valence-corrected chi connectivity index (χ1v) is 4.92. The molecule has 0 saturated heterocycles. The van der Waals surface area contributed by atoms with Crippen molar-refractivity contribution in [2.75, 3.05) is 5.32 Å². The maximum atomic E-state index is 13.0. The molecule has 1 aromatic rings. The van der Waals surface area contributed by atoms with Crippen molar-refractivity contribution in [3.05, 3.63) is 23.8 Å². The fourth-order valence-electron chi connectivity index (χ4n) is 1.47. The van der Waals surface area contributed by atoms with E-state index >= 15 is 0 Å². The molecule has 0 radical (unpaired) electrons. The molecule has 1 heterocycles.